The summed E-state index contributed by atoms with van der Waals surface area (Å²) in [5, 5.41) is 4.12. The van der Waals surface area contributed by atoms with E-state index in [1.165, 1.54) is 32.1 Å². The van der Waals surface area contributed by atoms with Gasteiger partial charge in [-0.3, -0.25) is 4.79 Å². The number of rotatable bonds is 5. The number of alkyl halides is 1. The minimum atomic E-state index is 0.160. The van der Waals surface area contributed by atoms with Crippen molar-refractivity contribution >= 4 is 21.8 Å². The third-order valence-corrected chi connectivity index (χ3v) is 5.48. The summed E-state index contributed by atoms with van der Waals surface area (Å²) in [5.74, 6) is 0.160. The maximum atomic E-state index is 11.9. The maximum Gasteiger partial charge on any atom is 0.222 e. The number of carbonyl (C=O) groups excluding carboxylic acids is 1. The van der Waals surface area contributed by atoms with Gasteiger partial charge in [0.1, 0.15) is 0 Å². The molecule has 0 bridgehead atoms. The van der Waals surface area contributed by atoms with Crippen molar-refractivity contribution in [2.24, 2.45) is 5.41 Å². The van der Waals surface area contributed by atoms with Gasteiger partial charge in [0.25, 0.3) is 0 Å². The zero-order valence-electron chi connectivity index (χ0n) is 11.0. The molecule has 1 saturated heterocycles. The molecule has 2 fully saturated rings. The molecule has 4 heteroatoms. The van der Waals surface area contributed by atoms with E-state index in [9.17, 15) is 4.79 Å². The molecule has 1 N–H and O–H groups in total. The Labute approximate surface area is 118 Å². The molecule has 18 heavy (non-hydrogen) atoms. The Morgan fingerprint density at radius 2 is 2.06 bits per heavy atom. The first kappa shape index (κ1) is 14.3. The lowest BCUT2D eigenvalue weighted by Gasteiger charge is -2.36. The lowest BCUT2D eigenvalue weighted by molar-refractivity contribution is -0.123. The van der Waals surface area contributed by atoms with Gasteiger partial charge in [-0.1, -0.05) is 35.2 Å². The minimum Gasteiger partial charge on any atom is -0.378 e. The molecule has 0 aromatic heterocycles. The molecule has 1 atom stereocenters. The molecule has 2 aliphatic rings. The largest absolute Gasteiger partial charge is 0.378 e. The summed E-state index contributed by atoms with van der Waals surface area (Å²) in [4.78, 5) is 11.9. The number of ether oxygens (including phenoxy) is 1. The Balaban J connectivity index is 1.73. The Morgan fingerprint density at radius 1 is 1.28 bits per heavy atom. The molecule has 0 spiro atoms. The van der Waals surface area contributed by atoms with E-state index < -0.39 is 0 Å². The first-order valence-corrected chi connectivity index (χ1v) is 8.31. The van der Waals surface area contributed by atoms with E-state index >= 15 is 0 Å². The summed E-state index contributed by atoms with van der Waals surface area (Å²) in [6.45, 7) is 1.65. The van der Waals surface area contributed by atoms with Crippen LogP contribution in [0.3, 0.4) is 0 Å². The zero-order chi connectivity index (χ0) is 12.8. The molecule has 1 aliphatic heterocycles. The van der Waals surface area contributed by atoms with Gasteiger partial charge >= 0.3 is 0 Å². The number of nitrogens with one attached hydrogen (secondary N) is 1. The molecule has 0 aromatic carbocycles. The van der Waals surface area contributed by atoms with Gasteiger partial charge in [0.2, 0.25) is 5.91 Å². The Kier molecular flexibility index (Phi) is 5.49. The molecule has 1 aliphatic carbocycles. The third-order valence-electron chi connectivity index (χ3n) is 4.30. The van der Waals surface area contributed by atoms with Gasteiger partial charge in [-0.15, -0.1) is 0 Å². The average molecular weight is 318 g/mol. The van der Waals surface area contributed by atoms with E-state index in [0.717, 1.165) is 31.3 Å². The van der Waals surface area contributed by atoms with Crippen molar-refractivity contribution in [1.29, 1.82) is 0 Å². The van der Waals surface area contributed by atoms with Gasteiger partial charge in [0.05, 0.1) is 12.5 Å². The fraction of sp³-hybridized carbons (Fsp3) is 0.929. The van der Waals surface area contributed by atoms with E-state index in [1.807, 2.05) is 0 Å². The zero-order valence-corrected chi connectivity index (χ0v) is 12.6. The van der Waals surface area contributed by atoms with Crippen LogP contribution in [0.4, 0.5) is 0 Å². The highest BCUT2D eigenvalue weighted by Crippen LogP contribution is 2.37. The Bertz CT molecular complexity index is 271. The van der Waals surface area contributed by atoms with Crippen LogP contribution in [-0.2, 0) is 9.53 Å². The van der Waals surface area contributed by atoms with Crippen molar-refractivity contribution in [3.8, 4) is 0 Å². The highest BCUT2D eigenvalue weighted by molar-refractivity contribution is 9.09. The molecule has 104 valence electrons. The van der Waals surface area contributed by atoms with E-state index in [-0.39, 0.29) is 12.0 Å². The first-order valence-electron chi connectivity index (χ1n) is 7.18. The SMILES string of the molecule is O=C(CC1CCCO1)NCC1(CBr)CCCCC1. The average Bonchev–Trinajstić information content (AvgIpc) is 2.90. The number of halogens is 1. The van der Waals surface area contributed by atoms with Crippen LogP contribution in [0.5, 0.6) is 0 Å². The van der Waals surface area contributed by atoms with Gasteiger partial charge in [-0.2, -0.15) is 0 Å². The summed E-state index contributed by atoms with van der Waals surface area (Å²) in [5.41, 5.74) is 0.296. The highest BCUT2D eigenvalue weighted by Gasteiger charge is 2.31. The van der Waals surface area contributed by atoms with Crippen LogP contribution in [0.1, 0.15) is 51.4 Å². The lowest BCUT2D eigenvalue weighted by atomic mass is 9.75. The second-order valence-electron chi connectivity index (χ2n) is 5.81. The van der Waals surface area contributed by atoms with Gasteiger partial charge in [0, 0.05) is 18.5 Å². The van der Waals surface area contributed by atoms with E-state index in [1.54, 1.807) is 0 Å². The number of hydrogen-bond donors (Lipinski definition) is 1. The van der Waals surface area contributed by atoms with Crippen LogP contribution in [0, 0.1) is 5.41 Å². The monoisotopic (exact) mass is 317 g/mol. The summed E-state index contributed by atoms with van der Waals surface area (Å²) < 4.78 is 5.50. The molecule has 1 amide bonds. The van der Waals surface area contributed by atoms with E-state index in [0.29, 0.717) is 11.8 Å². The second-order valence-corrected chi connectivity index (χ2v) is 6.37. The Morgan fingerprint density at radius 3 is 2.67 bits per heavy atom. The predicted molar refractivity (Wildman–Crippen MR) is 75.9 cm³/mol. The minimum absolute atomic E-state index is 0.160. The summed E-state index contributed by atoms with van der Waals surface area (Å²) >= 11 is 3.63. The number of hydrogen-bond acceptors (Lipinski definition) is 2. The van der Waals surface area contributed by atoms with Crippen LogP contribution in [0.25, 0.3) is 0 Å². The van der Waals surface area contributed by atoms with E-state index in [2.05, 4.69) is 21.2 Å². The van der Waals surface area contributed by atoms with Gasteiger partial charge in [-0.25, -0.2) is 0 Å². The topological polar surface area (TPSA) is 38.3 Å². The third kappa shape index (κ3) is 3.95. The molecular weight excluding hydrogens is 294 g/mol. The molecule has 2 rings (SSSR count). The van der Waals surface area contributed by atoms with Crippen LogP contribution in [-0.4, -0.2) is 30.5 Å². The molecule has 1 saturated carbocycles. The van der Waals surface area contributed by atoms with Gasteiger partial charge in [0.15, 0.2) is 0 Å². The van der Waals surface area contributed by atoms with Gasteiger partial charge < -0.3 is 10.1 Å². The molecule has 0 aromatic rings. The molecule has 3 nitrogen and oxygen atoms in total. The Hall–Kier alpha value is -0.0900. The smallest absolute Gasteiger partial charge is 0.222 e. The summed E-state index contributed by atoms with van der Waals surface area (Å²) in [6, 6.07) is 0. The molecule has 1 unspecified atom stereocenters. The number of carbonyl (C=O) groups is 1. The van der Waals surface area contributed by atoms with Crippen LogP contribution in [0.15, 0.2) is 0 Å². The fourth-order valence-electron chi connectivity index (χ4n) is 3.03. The van der Waals surface area contributed by atoms with Crippen molar-refractivity contribution in [3.63, 3.8) is 0 Å². The molecule has 1 heterocycles. The van der Waals surface area contributed by atoms with E-state index in [4.69, 9.17) is 4.74 Å². The summed E-state index contributed by atoms with van der Waals surface area (Å²) in [7, 11) is 0. The first-order chi connectivity index (χ1) is 8.74. The quantitative estimate of drug-likeness (QED) is 0.791. The van der Waals surface area contributed by atoms with Crippen molar-refractivity contribution < 1.29 is 9.53 Å². The lowest BCUT2D eigenvalue weighted by Crippen LogP contribution is -2.40. The molecule has 0 radical (unpaired) electrons. The molecular formula is C14H24BrNO2. The fourth-order valence-corrected chi connectivity index (χ4v) is 3.79. The van der Waals surface area contributed by atoms with Crippen molar-refractivity contribution in [3.05, 3.63) is 0 Å². The van der Waals surface area contributed by atoms with Crippen LogP contribution in [0.2, 0.25) is 0 Å². The van der Waals surface area contributed by atoms with Crippen LogP contribution < -0.4 is 5.32 Å². The van der Waals surface area contributed by atoms with Gasteiger partial charge in [-0.05, 0) is 31.1 Å². The van der Waals surface area contributed by atoms with Crippen LogP contribution >= 0.6 is 15.9 Å². The highest BCUT2D eigenvalue weighted by atomic mass is 79.9. The van der Waals surface area contributed by atoms with Crippen molar-refractivity contribution in [1.82, 2.24) is 5.32 Å². The second kappa shape index (κ2) is 6.90. The summed E-state index contributed by atoms with van der Waals surface area (Å²) in [6.07, 6.45) is 9.26. The van der Waals surface area contributed by atoms with Crippen molar-refractivity contribution in [2.45, 2.75) is 57.5 Å². The number of amides is 1. The normalized spacial score (nSPS) is 27.1. The maximum absolute atomic E-state index is 11.9. The standard InChI is InChI=1S/C14H24BrNO2/c15-10-14(6-2-1-3-7-14)11-16-13(17)9-12-5-4-8-18-12/h12H,1-11H2,(H,16,17). The predicted octanol–water partition coefficient (Wildman–Crippen LogP) is 3.02. The van der Waals surface area contributed by atoms with Crippen molar-refractivity contribution in [2.75, 3.05) is 18.5 Å².